The predicted octanol–water partition coefficient (Wildman–Crippen LogP) is 4.50. The van der Waals surface area contributed by atoms with Crippen molar-refractivity contribution < 1.29 is 4.79 Å². The Bertz CT molecular complexity index is 1380. The highest BCUT2D eigenvalue weighted by atomic mass is 32.2. The maximum atomic E-state index is 12.4. The standard InChI is InChI=1S/C22H18N6OS2/c1-30-17-9-5-8-16(12-17)23-20(29)14-31-22-25-24-21-19-13-18(15-6-3-2-4-7-15)26-28(19)11-10-27(21)22/h2-13H,14H2,1H3,(H,23,29). The van der Waals surface area contributed by atoms with E-state index in [2.05, 4.69) is 20.6 Å². The van der Waals surface area contributed by atoms with E-state index in [0.29, 0.717) is 10.8 Å². The van der Waals surface area contributed by atoms with Gasteiger partial charge in [-0.05, 0) is 30.5 Å². The molecule has 1 amide bonds. The molecule has 1 N–H and O–H groups in total. The van der Waals surface area contributed by atoms with Crippen LogP contribution in [0.2, 0.25) is 0 Å². The van der Waals surface area contributed by atoms with Gasteiger partial charge in [0.05, 0.1) is 11.4 Å². The van der Waals surface area contributed by atoms with Crippen molar-refractivity contribution in [3.8, 4) is 11.3 Å². The lowest BCUT2D eigenvalue weighted by atomic mass is 10.1. The molecule has 0 spiro atoms. The third kappa shape index (κ3) is 4.01. The maximum absolute atomic E-state index is 12.4. The molecule has 0 fully saturated rings. The Balaban J connectivity index is 1.35. The summed E-state index contributed by atoms with van der Waals surface area (Å²) in [5, 5.41) is 16.9. The van der Waals surface area contributed by atoms with E-state index < -0.39 is 0 Å². The van der Waals surface area contributed by atoms with Crippen molar-refractivity contribution in [2.45, 2.75) is 10.1 Å². The molecule has 9 heteroatoms. The van der Waals surface area contributed by atoms with Crippen LogP contribution >= 0.6 is 23.5 Å². The van der Waals surface area contributed by atoms with Crippen molar-refractivity contribution in [3.05, 3.63) is 73.1 Å². The largest absolute Gasteiger partial charge is 0.325 e. The van der Waals surface area contributed by atoms with Crippen LogP contribution in [-0.2, 0) is 4.79 Å². The monoisotopic (exact) mass is 446 g/mol. The molecule has 3 heterocycles. The van der Waals surface area contributed by atoms with Crippen LogP contribution in [0.25, 0.3) is 22.4 Å². The van der Waals surface area contributed by atoms with Gasteiger partial charge in [-0.3, -0.25) is 9.20 Å². The molecule has 154 valence electrons. The van der Waals surface area contributed by atoms with Crippen LogP contribution in [-0.4, -0.2) is 42.1 Å². The van der Waals surface area contributed by atoms with Crippen LogP contribution in [0.15, 0.2) is 83.1 Å². The van der Waals surface area contributed by atoms with Crippen LogP contribution in [0.1, 0.15) is 0 Å². The average Bonchev–Trinajstić information content (AvgIpc) is 3.42. The number of amides is 1. The Morgan fingerprint density at radius 1 is 1.03 bits per heavy atom. The minimum atomic E-state index is -0.0863. The predicted molar refractivity (Wildman–Crippen MR) is 125 cm³/mol. The van der Waals surface area contributed by atoms with Crippen molar-refractivity contribution in [3.63, 3.8) is 0 Å². The van der Waals surface area contributed by atoms with Gasteiger partial charge in [-0.15, -0.1) is 22.0 Å². The second-order valence-corrected chi connectivity index (χ2v) is 8.59. The number of nitrogens with zero attached hydrogens (tertiary/aromatic N) is 5. The summed E-state index contributed by atoms with van der Waals surface area (Å²) in [5.74, 6) is 0.154. The van der Waals surface area contributed by atoms with E-state index in [9.17, 15) is 4.79 Å². The second kappa shape index (κ2) is 8.44. The number of nitrogens with one attached hydrogen (secondary N) is 1. The molecular formula is C22H18N6OS2. The number of thioether (sulfide) groups is 2. The molecule has 2 aromatic carbocycles. The van der Waals surface area contributed by atoms with Crippen molar-refractivity contribution in [1.82, 2.24) is 24.2 Å². The minimum absolute atomic E-state index is 0.0863. The Labute approximate surface area is 186 Å². The highest BCUT2D eigenvalue weighted by molar-refractivity contribution is 7.99. The fourth-order valence-corrected chi connectivity index (χ4v) is 4.44. The summed E-state index contributed by atoms with van der Waals surface area (Å²) in [6, 6.07) is 19.8. The first kappa shape index (κ1) is 19.7. The number of benzene rings is 2. The first-order valence-electron chi connectivity index (χ1n) is 9.56. The molecule has 0 radical (unpaired) electrons. The Hall–Kier alpha value is -3.30. The number of hydrogen-bond donors (Lipinski definition) is 1. The van der Waals surface area contributed by atoms with Crippen molar-refractivity contribution in [2.75, 3.05) is 17.3 Å². The zero-order chi connectivity index (χ0) is 21.2. The van der Waals surface area contributed by atoms with Crippen molar-refractivity contribution in [1.29, 1.82) is 0 Å². The summed E-state index contributed by atoms with van der Waals surface area (Å²) in [4.78, 5) is 13.5. The number of anilines is 1. The van der Waals surface area contributed by atoms with Crippen LogP contribution in [0.3, 0.4) is 0 Å². The van der Waals surface area contributed by atoms with Gasteiger partial charge >= 0.3 is 0 Å². The molecule has 5 rings (SSSR count). The first-order chi connectivity index (χ1) is 15.2. The summed E-state index contributed by atoms with van der Waals surface area (Å²) in [6.45, 7) is 0. The third-order valence-electron chi connectivity index (χ3n) is 4.74. The van der Waals surface area contributed by atoms with Gasteiger partial charge in [0.15, 0.2) is 10.8 Å². The zero-order valence-corrected chi connectivity index (χ0v) is 18.2. The van der Waals surface area contributed by atoms with E-state index in [0.717, 1.165) is 27.4 Å². The Morgan fingerprint density at radius 3 is 2.74 bits per heavy atom. The lowest BCUT2D eigenvalue weighted by Gasteiger charge is -2.06. The number of fused-ring (bicyclic) bond motifs is 3. The van der Waals surface area contributed by atoms with Gasteiger partial charge in [0.1, 0.15) is 5.52 Å². The fraction of sp³-hybridized carbons (Fsp3) is 0.0909. The summed E-state index contributed by atoms with van der Waals surface area (Å²) in [7, 11) is 0. The number of carbonyl (C=O) groups excluding carboxylic acids is 1. The molecule has 7 nitrogen and oxygen atoms in total. The van der Waals surface area contributed by atoms with Crippen LogP contribution in [0, 0.1) is 0 Å². The number of carbonyl (C=O) groups is 1. The van der Waals surface area contributed by atoms with E-state index in [4.69, 9.17) is 0 Å². The lowest BCUT2D eigenvalue weighted by molar-refractivity contribution is -0.113. The molecule has 0 aliphatic heterocycles. The Kier molecular flexibility index (Phi) is 5.35. The molecule has 0 saturated heterocycles. The van der Waals surface area contributed by atoms with E-state index in [1.165, 1.54) is 11.8 Å². The van der Waals surface area contributed by atoms with Crippen molar-refractivity contribution in [2.24, 2.45) is 0 Å². The van der Waals surface area contributed by atoms with Gasteiger partial charge < -0.3 is 5.32 Å². The van der Waals surface area contributed by atoms with Gasteiger partial charge in [-0.25, -0.2) is 4.52 Å². The molecule has 0 atom stereocenters. The summed E-state index contributed by atoms with van der Waals surface area (Å²) in [5.41, 5.74) is 4.27. The van der Waals surface area contributed by atoms with Crippen LogP contribution in [0.4, 0.5) is 5.69 Å². The molecule has 3 aromatic heterocycles. The molecular weight excluding hydrogens is 428 g/mol. The summed E-state index contributed by atoms with van der Waals surface area (Å²) in [6.07, 6.45) is 5.75. The topological polar surface area (TPSA) is 76.6 Å². The smallest absolute Gasteiger partial charge is 0.234 e. The van der Waals surface area contributed by atoms with E-state index in [1.54, 1.807) is 16.3 Å². The average molecular weight is 447 g/mol. The van der Waals surface area contributed by atoms with E-state index in [1.807, 2.05) is 83.7 Å². The lowest BCUT2D eigenvalue weighted by Crippen LogP contribution is -2.14. The van der Waals surface area contributed by atoms with Gasteiger partial charge in [0.2, 0.25) is 5.91 Å². The van der Waals surface area contributed by atoms with Crippen LogP contribution in [0.5, 0.6) is 0 Å². The zero-order valence-electron chi connectivity index (χ0n) is 16.6. The summed E-state index contributed by atoms with van der Waals surface area (Å²) < 4.78 is 3.68. The van der Waals surface area contributed by atoms with Crippen LogP contribution < -0.4 is 5.32 Å². The third-order valence-corrected chi connectivity index (χ3v) is 6.41. The fourth-order valence-electron chi connectivity index (χ4n) is 3.27. The highest BCUT2D eigenvalue weighted by Crippen LogP contribution is 2.24. The SMILES string of the molecule is CSc1cccc(NC(=O)CSc2nnc3c4cc(-c5ccccc5)nn4ccn23)c1. The van der Waals surface area contributed by atoms with Gasteiger partial charge in [0.25, 0.3) is 0 Å². The molecule has 0 aliphatic rings. The molecule has 5 aromatic rings. The number of aromatic nitrogens is 5. The molecule has 0 unspecified atom stereocenters. The van der Waals surface area contributed by atoms with Gasteiger partial charge in [-0.2, -0.15) is 5.10 Å². The van der Waals surface area contributed by atoms with Crippen molar-refractivity contribution >= 4 is 46.3 Å². The van der Waals surface area contributed by atoms with Gasteiger partial charge in [0, 0.05) is 28.5 Å². The minimum Gasteiger partial charge on any atom is -0.325 e. The summed E-state index contributed by atoms with van der Waals surface area (Å²) >= 11 is 2.99. The molecule has 0 aliphatic carbocycles. The molecule has 0 saturated carbocycles. The van der Waals surface area contributed by atoms with E-state index in [-0.39, 0.29) is 11.7 Å². The number of rotatable bonds is 6. The number of hydrogen-bond acceptors (Lipinski definition) is 6. The quantitative estimate of drug-likeness (QED) is 0.387. The normalized spacial score (nSPS) is 11.3. The maximum Gasteiger partial charge on any atom is 0.234 e. The van der Waals surface area contributed by atoms with Gasteiger partial charge in [-0.1, -0.05) is 48.2 Å². The first-order valence-corrected chi connectivity index (χ1v) is 11.8. The van der Waals surface area contributed by atoms with E-state index >= 15 is 0 Å². The second-order valence-electron chi connectivity index (χ2n) is 6.77. The highest BCUT2D eigenvalue weighted by Gasteiger charge is 2.14. The Morgan fingerprint density at radius 2 is 1.90 bits per heavy atom. The molecule has 0 bridgehead atoms. The molecule has 31 heavy (non-hydrogen) atoms.